The lowest BCUT2D eigenvalue weighted by molar-refractivity contribution is 0.471. The first-order valence-corrected chi connectivity index (χ1v) is 9.50. The molecule has 1 atom stereocenters. The van der Waals surface area contributed by atoms with Gasteiger partial charge in [0.05, 0.1) is 25.3 Å². The van der Waals surface area contributed by atoms with E-state index in [0.29, 0.717) is 6.04 Å². The Bertz CT molecular complexity index is 565. The van der Waals surface area contributed by atoms with Crippen LogP contribution >= 0.6 is 49.9 Å². The molecule has 0 bridgehead atoms. The minimum Gasteiger partial charge on any atom is -0.305 e. The number of halogens is 2. The van der Waals surface area contributed by atoms with Crippen LogP contribution in [0, 0.1) is 2.88 Å². The third-order valence-electron chi connectivity index (χ3n) is 3.07. The molecule has 0 aliphatic heterocycles. The van der Waals surface area contributed by atoms with E-state index in [0.717, 1.165) is 17.4 Å². The minimum atomic E-state index is 0.189. The second kappa shape index (κ2) is 7.38. The van der Waals surface area contributed by atoms with Crippen LogP contribution in [0.3, 0.4) is 0 Å². The highest BCUT2D eigenvalue weighted by atomic mass is 127. The third-order valence-corrected chi connectivity index (χ3v) is 5.49. The Morgan fingerprint density at radius 2 is 2.25 bits per heavy atom. The summed E-state index contributed by atoms with van der Waals surface area (Å²) in [6, 6.07) is 2.79. The number of nitrogens with zero attached hydrogens (tertiary/aromatic N) is 2. The summed E-state index contributed by atoms with van der Waals surface area (Å²) in [7, 11) is 0. The smallest absolute Gasteiger partial charge is 0.0768 e. The Balaban J connectivity index is 2.43. The second-order valence-electron chi connectivity index (χ2n) is 4.99. The van der Waals surface area contributed by atoms with Crippen molar-refractivity contribution in [3.05, 3.63) is 36.3 Å². The molecule has 0 spiro atoms. The molecule has 0 radical (unpaired) electrons. The van der Waals surface area contributed by atoms with Gasteiger partial charge in [0, 0.05) is 6.04 Å². The van der Waals surface area contributed by atoms with Crippen LogP contribution in [0.2, 0.25) is 0 Å². The van der Waals surface area contributed by atoms with E-state index in [1.807, 2.05) is 6.20 Å². The zero-order valence-corrected chi connectivity index (χ0v) is 16.4. The van der Waals surface area contributed by atoms with Crippen LogP contribution < -0.4 is 5.32 Å². The highest BCUT2D eigenvalue weighted by Crippen LogP contribution is 2.33. The van der Waals surface area contributed by atoms with Gasteiger partial charge in [0.15, 0.2) is 0 Å². The second-order valence-corrected chi connectivity index (χ2v) is 8.65. The van der Waals surface area contributed by atoms with Gasteiger partial charge < -0.3 is 5.32 Å². The molecule has 0 amide bonds. The normalized spacial score (nSPS) is 13.1. The van der Waals surface area contributed by atoms with E-state index < -0.39 is 0 Å². The molecule has 0 saturated heterocycles. The summed E-state index contributed by atoms with van der Waals surface area (Å²) in [5.74, 6) is 0. The summed E-state index contributed by atoms with van der Waals surface area (Å²) < 4.78 is 4.48. The summed E-state index contributed by atoms with van der Waals surface area (Å²) in [6.07, 6.45) is 3.01. The summed E-state index contributed by atoms with van der Waals surface area (Å²) in [6.45, 7) is 7.51. The molecule has 2 heterocycles. The topological polar surface area (TPSA) is 29.9 Å². The first-order chi connectivity index (χ1) is 9.54. The van der Waals surface area contributed by atoms with E-state index >= 15 is 0 Å². The van der Waals surface area contributed by atoms with Crippen LogP contribution in [0.1, 0.15) is 50.5 Å². The van der Waals surface area contributed by atoms with Gasteiger partial charge in [0.25, 0.3) is 0 Å². The van der Waals surface area contributed by atoms with Crippen molar-refractivity contribution in [1.29, 1.82) is 0 Å². The lowest BCUT2D eigenvalue weighted by Crippen LogP contribution is -2.26. The van der Waals surface area contributed by atoms with Gasteiger partial charge in [-0.2, -0.15) is 5.10 Å². The number of hydrogen-bond donors (Lipinski definition) is 1. The lowest BCUT2D eigenvalue weighted by Gasteiger charge is -2.21. The zero-order chi connectivity index (χ0) is 14.7. The molecule has 3 nitrogen and oxygen atoms in total. The Kier molecular flexibility index (Phi) is 6.07. The van der Waals surface area contributed by atoms with Gasteiger partial charge in [-0.25, -0.2) is 0 Å². The van der Waals surface area contributed by atoms with Crippen LogP contribution in [0.25, 0.3) is 0 Å². The fraction of sp³-hybridized carbons (Fsp3) is 0.500. The fourth-order valence-corrected chi connectivity index (χ4v) is 4.07. The molecule has 0 fully saturated rings. The maximum absolute atomic E-state index is 4.51. The Labute approximate surface area is 146 Å². The highest BCUT2D eigenvalue weighted by Gasteiger charge is 2.23. The van der Waals surface area contributed by atoms with Crippen LogP contribution in [-0.2, 0) is 0 Å². The number of hydrogen-bond acceptors (Lipinski definition) is 3. The number of nitrogens with one attached hydrogen (secondary N) is 1. The van der Waals surface area contributed by atoms with E-state index in [-0.39, 0.29) is 6.04 Å². The number of rotatable bonds is 6. The van der Waals surface area contributed by atoms with Crippen molar-refractivity contribution in [2.75, 3.05) is 6.54 Å². The fourth-order valence-electron chi connectivity index (χ4n) is 2.17. The number of aromatic nitrogens is 2. The van der Waals surface area contributed by atoms with Crippen LogP contribution in [0.5, 0.6) is 0 Å². The molecule has 0 saturated carbocycles. The van der Waals surface area contributed by atoms with E-state index in [2.05, 4.69) is 85.8 Å². The molecule has 20 heavy (non-hydrogen) atoms. The van der Waals surface area contributed by atoms with Crippen molar-refractivity contribution < 1.29 is 0 Å². The SMILES string of the molecule is CCCNC(c1csc(I)c1)c1c(Br)cnn1C(C)C. The van der Waals surface area contributed by atoms with Gasteiger partial charge in [-0.3, -0.25) is 4.68 Å². The standard InChI is InChI=1S/C14H19BrIN3S/c1-4-5-17-13(10-6-12(16)20-8-10)14-11(15)7-18-19(14)9(2)3/h6-9,13,17H,4-5H2,1-3H3. The van der Waals surface area contributed by atoms with Crippen molar-refractivity contribution in [2.24, 2.45) is 0 Å². The molecule has 6 heteroatoms. The van der Waals surface area contributed by atoms with Crippen molar-refractivity contribution in [3.63, 3.8) is 0 Å². The first kappa shape index (κ1) is 16.5. The quantitative estimate of drug-likeness (QED) is 0.607. The van der Waals surface area contributed by atoms with Crippen molar-refractivity contribution in [2.45, 2.75) is 39.3 Å². The van der Waals surface area contributed by atoms with Gasteiger partial charge in [0.1, 0.15) is 0 Å². The Morgan fingerprint density at radius 3 is 2.80 bits per heavy atom. The molecule has 1 N–H and O–H groups in total. The molecule has 2 aromatic heterocycles. The van der Waals surface area contributed by atoms with E-state index in [1.54, 1.807) is 11.3 Å². The van der Waals surface area contributed by atoms with Crippen molar-refractivity contribution >= 4 is 49.9 Å². The molecule has 0 aliphatic rings. The molecule has 1 unspecified atom stereocenters. The Hall–Kier alpha value is 0.0800. The average Bonchev–Trinajstić information content (AvgIpc) is 2.98. The van der Waals surface area contributed by atoms with Crippen molar-refractivity contribution in [1.82, 2.24) is 15.1 Å². The van der Waals surface area contributed by atoms with E-state index in [1.165, 1.54) is 14.1 Å². The number of thiophene rings is 1. The zero-order valence-electron chi connectivity index (χ0n) is 11.9. The molecule has 2 aromatic rings. The summed E-state index contributed by atoms with van der Waals surface area (Å²) in [4.78, 5) is 0. The lowest BCUT2D eigenvalue weighted by atomic mass is 10.1. The molecule has 2 rings (SSSR count). The van der Waals surface area contributed by atoms with Gasteiger partial charge >= 0.3 is 0 Å². The molecule has 0 aromatic carbocycles. The summed E-state index contributed by atoms with van der Waals surface area (Å²) in [5.41, 5.74) is 2.53. The molecule has 110 valence electrons. The van der Waals surface area contributed by atoms with E-state index in [9.17, 15) is 0 Å². The van der Waals surface area contributed by atoms with Crippen LogP contribution in [-0.4, -0.2) is 16.3 Å². The maximum atomic E-state index is 4.51. The molecule has 0 aliphatic carbocycles. The van der Waals surface area contributed by atoms with Crippen molar-refractivity contribution in [3.8, 4) is 0 Å². The first-order valence-electron chi connectivity index (χ1n) is 6.74. The maximum Gasteiger partial charge on any atom is 0.0768 e. The third kappa shape index (κ3) is 3.64. The minimum absolute atomic E-state index is 0.189. The monoisotopic (exact) mass is 467 g/mol. The highest BCUT2D eigenvalue weighted by molar-refractivity contribution is 14.1. The average molecular weight is 468 g/mol. The van der Waals surface area contributed by atoms with Gasteiger partial charge in [-0.1, -0.05) is 6.92 Å². The predicted octanol–water partition coefficient (Wildman–Crippen LogP) is 4.98. The van der Waals surface area contributed by atoms with E-state index in [4.69, 9.17) is 0 Å². The molecular formula is C14H19BrIN3S. The summed E-state index contributed by atoms with van der Waals surface area (Å²) >= 11 is 7.82. The van der Waals surface area contributed by atoms with Gasteiger partial charge in [0.2, 0.25) is 0 Å². The van der Waals surface area contributed by atoms with Gasteiger partial charge in [-0.15, -0.1) is 11.3 Å². The largest absolute Gasteiger partial charge is 0.305 e. The van der Waals surface area contributed by atoms with Gasteiger partial charge in [-0.05, 0) is 82.3 Å². The predicted molar refractivity (Wildman–Crippen MR) is 97.5 cm³/mol. The Morgan fingerprint density at radius 1 is 1.50 bits per heavy atom. The summed E-state index contributed by atoms with van der Waals surface area (Å²) in [5, 5.41) is 10.4. The van der Waals surface area contributed by atoms with Crippen LogP contribution in [0.15, 0.2) is 22.1 Å². The molecular weight excluding hydrogens is 449 g/mol. The van der Waals surface area contributed by atoms with Crippen LogP contribution in [0.4, 0.5) is 0 Å².